The van der Waals surface area contributed by atoms with Crippen molar-refractivity contribution in [1.82, 2.24) is 0 Å². The van der Waals surface area contributed by atoms with E-state index in [1.54, 1.807) is 38.5 Å². The Balaban J connectivity index is 2.02. The Morgan fingerprint density at radius 3 is 2.41 bits per heavy atom. The average molecular weight is 435 g/mol. The highest BCUT2D eigenvalue weighted by molar-refractivity contribution is 9.10. The number of rotatable bonds is 6. The van der Waals surface area contributed by atoms with Crippen LogP contribution in [0.3, 0.4) is 0 Å². The number of carbonyl (C=O) groups is 1. The van der Waals surface area contributed by atoms with E-state index in [-0.39, 0.29) is 11.5 Å². The van der Waals surface area contributed by atoms with Gasteiger partial charge in [-0.1, -0.05) is 0 Å². The molecule has 142 valence electrons. The third kappa shape index (κ3) is 3.60. The van der Waals surface area contributed by atoms with Gasteiger partial charge in [0.25, 0.3) is 0 Å². The van der Waals surface area contributed by atoms with Crippen molar-refractivity contribution in [1.29, 1.82) is 0 Å². The highest BCUT2D eigenvalue weighted by Crippen LogP contribution is 2.42. The SMILES string of the molecule is CCOc1c(Br)cc(/C=C2\Oc3cc(OC)cc(OC)c3C2=O)cc1OC. The second-order valence-electron chi connectivity index (χ2n) is 5.61. The van der Waals surface area contributed by atoms with Crippen LogP contribution in [0, 0.1) is 0 Å². The average Bonchev–Trinajstić information content (AvgIpc) is 2.98. The van der Waals surface area contributed by atoms with Crippen LogP contribution in [0.25, 0.3) is 6.08 Å². The van der Waals surface area contributed by atoms with Crippen molar-refractivity contribution in [2.24, 2.45) is 0 Å². The van der Waals surface area contributed by atoms with Crippen LogP contribution >= 0.6 is 15.9 Å². The molecule has 2 aromatic rings. The molecule has 0 saturated heterocycles. The summed E-state index contributed by atoms with van der Waals surface area (Å²) in [6, 6.07) is 6.92. The third-order valence-electron chi connectivity index (χ3n) is 4.00. The number of Topliss-reactive ketones (excluding diaryl/α,β-unsaturated/α-hetero) is 1. The number of carbonyl (C=O) groups excluding carboxylic acids is 1. The van der Waals surface area contributed by atoms with Crippen molar-refractivity contribution >= 4 is 27.8 Å². The molecule has 1 aliphatic rings. The van der Waals surface area contributed by atoms with E-state index in [1.807, 2.05) is 13.0 Å². The Kier molecular flexibility index (Phi) is 5.60. The third-order valence-corrected chi connectivity index (χ3v) is 4.59. The van der Waals surface area contributed by atoms with Gasteiger partial charge in [-0.3, -0.25) is 4.79 Å². The first-order chi connectivity index (χ1) is 13.0. The molecule has 0 N–H and O–H groups in total. The lowest BCUT2D eigenvalue weighted by Gasteiger charge is -2.12. The molecule has 0 atom stereocenters. The second-order valence-corrected chi connectivity index (χ2v) is 6.46. The van der Waals surface area contributed by atoms with Gasteiger partial charge in [0.15, 0.2) is 17.3 Å². The fourth-order valence-electron chi connectivity index (χ4n) is 2.79. The number of hydrogen-bond acceptors (Lipinski definition) is 6. The number of ether oxygens (including phenoxy) is 5. The van der Waals surface area contributed by atoms with E-state index < -0.39 is 0 Å². The molecule has 0 aliphatic carbocycles. The van der Waals surface area contributed by atoms with Crippen molar-refractivity contribution in [3.05, 3.63) is 45.6 Å². The van der Waals surface area contributed by atoms with Crippen molar-refractivity contribution in [3.63, 3.8) is 0 Å². The molecule has 1 aliphatic heterocycles. The van der Waals surface area contributed by atoms with E-state index in [0.29, 0.717) is 40.9 Å². The standard InChI is InChI=1S/C20H19BrO6/c1-5-26-20-13(21)6-11(8-17(20)25-4)7-16-19(22)18-14(24-3)9-12(23-2)10-15(18)27-16/h6-10H,5H2,1-4H3/b16-7-. The van der Waals surface area contributed by atoms with Gasteiger partial charge in [-0.25, -0.2) is 0 Å². The number of benzene rings is 2. The monoisotopic (exact) mass is 434 g/mol. The lowest BCUT2D eigenvalue weighted by Crippen LogP contribution is -2.01. The Morgan fingerprint density at radius 1 is 1.04 bits per heavy atom. The zero-order valence-corrected chi connectivity index (χ0v) is 17.0. The van der Waals surface area contributed by atoms with Gasteiger partial charge in [-0.2, -0.15) is 0 Å². The second kappa shape index (κ2) is 7.92. The van der Waals surface area contributed by atoms with Crippen molar-refractivity contribution < 1.29 is 28.5 Å². The number of fused-ring (bicyclic) bond motifs is 1. The van der Waals surface area contributed by atoms with E-state index in [1.165, 1.54) is 7.11 Å². The molecule has 0 unspecified atom stereocenters. The van der Waals surface area contributed by atoms with Crippen molar-refractivity contribution in [2.45, 2.75) is 6.92 Å². The fourth-order valence-corrected chi connectivity index (χ4v) is 3.37. The van der Waals surface area contributed by atoms with Crippen LogP contribution in [0.1, 0.15) is 22.8 Å². The molecule has 0 aromatic heterocycles. The molecule has 0 radical (unpaired) electrons. The molecule has 0 fully saturated rings. The van der Waals surface area contributed by atoms with Crippen LogP contribution in [0.4, 0.5) is 0 Å². The maximum Gasteiger partial charge on any atom is 0.235 e. The lowest BCUT2D eigenvalue weighted by atomic mass is 10.1. The van der Waals surface area contributed by atoms with Gasteiger partial charge < -0.3 is 23.7 Å². The minimum atomic E-state index is -0.256. The van der Waals surface area contributed by atoms with Gasteiger partial charge >= 0.3 is 0 Å². The highest BCUT2D eigenvalue weighted by Gasteiger charge is 2.32. The van der Waals surface area contributed by atoms with Crippen LogP contribution in [0.2, 0.25) is 0 Å². The van der Waals surface area contributed by atoms with Gasteiger partial charge in [0.2, 0.25) is 5.78 Å². The number of allylic oxidation sites excluding steroid dienone is 1. The maximum atomic E-state index is 12.8. The molecule has 3 rings (SSSR count). The van der Waals surface area contributed by atoms with Gasteiger partial charge in [-0.15, -0.1) is 0 Å². The van der Waals surface area contributed by atoms with Gasteiger partial charge in [-0.05, 0) is 46.6 Å². The van der Waals surface area contributed by atoms with Crippen molar-refractivity contribution in [2.75, 3.05) is 27.9 Å². The summed E-state index contributed by atoms with van der Waals surface area (Å²) in [7, 11) is 4.60. The minimum absolute atomic E-state index is 0.190. The fraction of sp³-hybridized carbons (Fsp3) is 0.250. The number of hydrogen-bond donors (Lipinski definition) is 0. The lowest BCUT2D eigenvalue weighted by molar-refractivity contribution is 0.101. The number of methoxy groups -OCH3 is 3. The summed E-state index contributed by atoms with van der Waals surface area (Å²) in [6.07, 6.45) is 1.65. The minimum Gasteiger partial charge on any atom is -0.496 e. The molecule has 0 spiro atoms. The topological polar surface area (TPSA) is 63.2 Å². The van der Waals surface area contributed by atoms with Crippen LogP contribution < -0.4 is 23.7 Å². The van der Waals surface area contributed by atoms with E-state index >= 15 is 0 Å². The Hall–Kier alpha value is -2.67. The Bertz CT molecular complexity index is 919. The molecular weight excluding hydrogens is 416 g/mol. The Labute approximate surface area is 165 Å². The van der Waals surface area contributed by atoms with E-state index in [2.05, 4.69) is 15.9 Å². The van der Waals surface area contributed by atoms with Crippen LogP contribution in [0.5, 0.6) is 28.7 Å². The zero-order chi connectivity index (χ0) is 19.6. The highest BCUT2D eigenvalue weighted by atomic mass is 79.9. The molecule has 0 bridgehead atoms. The predicted octanol–water partition coefficient (Wildman–Crippen LogP) is 4.49. The number of ketones is 1. The summed E-state index contributed by atoms with van der Waals surface area (Å²) >= 11 is 3.48. The predicted molar refractivity (Wildman–Crippen MR) is 104 cm³/mol. The van der Waals surface area contributed by atoms with Crippen LogP contribution in [0.15, 0.2) is 34.5 Å². The van der Waals surface area contributed by atoms with Crippen LogP contribution in [-0.4, -0.2) is 33.7 Å². The van der Waals surface area contributed by atoms with Crippen LogP contribution in [-0.2, 0) is 0 Å². The largest absolute Gasteiger partial charge is 0.496 e. The molecule has 2 aromatic carbocycles. The molecule has 7 heteroatoms. The van der Waals surface area contributed by atoms with Crippen molar-refractivity contribution in [3.8, 4) is 28.7 Å². The quantitative estimate of drug-likeness (QED) is 0.624. The normalized spacial score (nSPS) is 14.0. The van der Waals surface area contributed by atoms with Gasteiger partial charge in [0.05, 0.1) is 32.4 Å². The molecule has 0 amide bonds. The summed E-state index contributed by atoms with van der Waals surface area (Å²) in [6.45, 7) is 2.40. The summed E-state index contributed by atoms with van der Waals surface area (Å²) in [5.74, 6) is 2.45. The molecule has 1 heterocycles. The first-order valence-electron chi connectivity index (χ1n) is 8.23. The molecule has 27 heavy (non-hydrogen) atoms. The summed E-state index contributed by atoms with van der Waals surface area (Å²) in [4.78, 5) is 12.8. The molecular formula is C20H19BrO6. The smallest absolute Gasteiger partial charge is 0.235 e. The molecule has 6 nitrogen and oxygen atoms in total. The van der Waals surface area contributed by atoms with E-state index in [9.17, 15) is 4.79 Å². The summed E-state index contributed by atoms with van der Waals surface area (Å²) in [5.41, 5.74) is 1.10. The van der Waals surface area contributed by atoms with Gasteiger partial charge in [0.1, 0.15) is 22.8 Å². The zero-order valence-electron chi connectivity index (χ0n) is 15.4. The summed E-state index contributed by atoms with van der Waals surface area (Å²) in [5, 5.41) is 0. The van der Waals surface area contributed by atoms with Gasteiger partial charge in [0, 0.05) is 12.1 Å². The first kappa shape index (κ1) is 19.1. The number of halogens is 1. The van der Waals surface area contributed by atoms with E-state index in [0.717, 1.165) is 10.0 Å². The Morgan fingerprint density at radius 2 is 1.78 bits per heavy atom. The van der Waals surface area contributed by atoms with E-state index in [4.69, 9.17) is 23.7 Å². The first-order valence-corrected chi connectivity index (χ1v) is 9.02. The maximum absolute atomic E-state index is 12.8. The summed E-state index contributed by atoms with van der Waals surface area (Å²) < 4.78 is 28.0. The molecule has 0 saturated carbocycles.